The van der Waals surface area contributed by atoms with Crippen molar-refractivity contribution in [3.8, 4) is 0 Å². The van der Waals surface area contributed by atoms with Crippen LogP contribution in [0.5, 0.6) is 0 Å². The maximum absolute atomic E-state index is 4.89. The number of benzene rings is 1. The molecule has 1 aromatic carbocycles. The maximum atomic E-state index is 4.89. The highest BCUT2D eigenvalue weighted by Gasteiger charge is 2.25. The molecule has 0 radical (unpaired) electrons. The topological polar surface area (TPSA) is 41.1 Å². The van der Waals surface area contributed by atoms with Gasteiger partial charge in [-0.1, -0.05) is 36.8 Å². The van der Waals surface area contributed by atoms with E-state index in [1.165, 1.54) is 30.5 Å². The number of hydrogen-bond acceptors (Lipinski definition) is 4. The Bertz CT molecular complexity index is 666. The molecule has 4 nitrogen and oxygen atoms in total. The lowest BCUT2D eigenvalue weighted by Gasteiger charge is -2.35. The number of piperazine rings is 1. The second kappa shape index (κ2) is 6.28. The van der Waals surface area contributed by atoms with Crippen LogP contribution in [0.15, 0.2) is 36.4 Å². The highest BCUT2D eigenvalue weighted by Crippen LogP contribution is 2.36. The van der Waals surface area contributed by atoms with Crippen molar-refractivity contribution >= 4 is 5.95 Å². The molecule has 4 heteroatoms. The van der Waals surface area contributed by atoms with Crippen molar-refractivity contribution in [1.82, 2.24) is 15.3 Å². The van der Waals surface area contributed by atoms with Gasteiger partial charge >= 0.3 is 0 Å². The predicted molar refractivity (Wildman–Crippen MR) is 92.8 cm³/mol. The van der Waals surface area contributed by atoms with E-state index in [4.69, 9.17) is 9.97 Å². The van der Waals surface area contributed by atoms with Crippen LogP contribution in [0, 0.1) is 6.92 Å². The van der Waals surface area contributed by atoms with E-state index in [-0.39, 0.29) is 0 Å². The predicted octanol–water partition coefficient (Wildman–Crippen LogP) is 3.20. The van der Waals surface area contributed by atoms with Gasteiger partial charge in [0.15, 0.2) is 0 Å². The van der Waals surface area contributed by atoms with Gasteiger partial charge in [0, 0.05) is 43.0 Å². The van der Waals surface area contributed by atoms with Crippen LogP contribution in [0.4, 0.5) is 5.95 Å². The largest absolute Gasteiger partial charge is 0.338 e. The SMILES string of the molecule is Cc1cc(C2CCC2)nc(N2CCN[C@@H](c3ccccc3)C2)n1. The molecule has 0 spiro atoms. The molecule has 0 unspecified atom stereocenters. The molecule has 2 aliphatic rings. The van der Waals surface area contributed by atoms with Crippen LogP contribution < -0.4 is 10.2 Å². The van der Waals surface area contributed by atoms with Crippen LogP contribution in [0.3, 0.4) is 0 Å². The number of anilines is 1. The van der Waals surface area contributed by atoms with E-state index in [9.17, 15) is 0 Å². The first-order valence-electron chi connectivity index (χ1n) is 8.68. The third kappa shape index (κ3) is 3.08. The summed E-state index contributed by atoms with van der Waals surface area (Å²) in [4.78, 5) is 11.9. The molecule has 0 amide bonds. The summed E-state index contributed by atoms with van der Waals surface area (Å²) in [5.41, 5.74) is 3.67. The number of aryl methyl sites for hydroxylation is 1. The molecule has 120 valence electrons. The summed E-state index contributed by atoms with van der Waals surface area (Å²) in [6.07, 6.45) is 3.90. The summed E-state index contributed by atoms with van der Waals surface area (Å²) < 4.78 is 0. The van der Waals surface area contributed by atoms with E-state index in [1.54, 1.807) is 0 Å². The van der Waals surface area contributed by atoms with Gasteiger partial charge in [-0.25, -0.2) is 9.97 Å². The molecule has 1 saturated heterocycles. The summed E-state index contributed by atoms with van der Waals surface area (Å²) in [7, 11) is 0. The average Bonchev–Trinajstić information content (AvgIpc) is 2.54. The molecular weight excluding hydrogens is 284 g/mol. The minimum absolute atomic E-state index is 0.348. The fourth-order valence-electron chi connectivity index (χ4n) is 3.47. The Morgan fingerprint density at radius 3 is 2.70 bits per heavy atom. The summed E-state index contributed by atoms with van der Waals surface area (Å²) >= 11 is 0. The van der Waals surface area contributed by atoms with Crippen molar-refractivity contribution in [3.05, 3.63) is 53.3 Å². The lowest BCUT2D eigenvalue weighted by molar-refractivity contribution is 0.409. The van der Waals surface area contributed by atoms with Crippen LogP contribution in [-0.2, 0) is 0 Å². The molecule has 1 aliphatic carbocycles. The first-order valence-corrected chi connectivity index (χ1v) is 8.68. The monoisotopic (exact) mass is 308 g/mol. The number of nitrogens with one attached hydrogen (secondary N) is 1. The molecule has 2 heterocycles. The Labute approximate surface area is 138 Å². The van der Waals surface area contributed by atoms with Crippen LogP contribution in [0.2, 0.25) is 0 Å². The summed E-state index contributed by atoms with van der Waals surface area (Å²) in [6.45, 7) is 4.95. The third-order valence-electron chi connectivity index (χ3n) is 5.05. The molecule has 1 N–H and O–H groups in total. The molecule has 23 heavy (non-hydrogen) atoms. The summed E-state index contributed by atoms with van der Waals surface area (Å²) in [5, 5.41) is 3.61. The van der Waals surface area contributed by atoms with Gasteiger partial charge < -0.3 is 10.2 Å². The highest BCUT2D eigenvalue weighted by atomic mass is 15.3. The quantitative estimate of drug-likeness (QED) is 0.945. The van der Waals surface area contributed by atoms with E-state index < -0.39 is 0 Å². The zero-order valence-electron chi connectivity index (χ0n) is 13.7. The highest BCUT2D eigenvalue weighted by molar-refractivity contribution is 5.36. The molecule has 2 fully saturated rings. The fourth-order valence-corrected chi connectivity index (χ4v) is 3.47. The molecule has 0 bridgehead atoms. The number of hydrogen-bond donors (Lipinski definition) is 1. The molecule has 4 rings (SSSR count). The van der Waals surface area contributed by atoms with E-state index in [2.05, 4.69) is 53.5 Å². The zero-order chi connectivity index (χ0) is 15.6. The Morgan fingerprint density at radius 1 is 1.13 bits per heavy atom. The van der Waals surface area contributed by atoms with Gasteiger partial charge in [-0.3, -0.25) is 0 Å². The summed E-state index contributed by atoms with van der Waals surface area (Å²) in [5.74, 6) is 1.57. The van der Waals surface area contributed by atoms with Crippen LogP contribution in [0.1, 0.15) is 48.2 Å². The van der Waals surface area contributed by atoms with E-state index in [0.717, 1.165) is 31.3 Å². The second-order valence-electron chi connectivity index (χ2n) is 6.73. The molecule has 1 aliphatic heterocycles. The normalized spacial score (nSPS) is 22.0. The van der Waals surface area contributed by atoms with Gasteiger partial charge in [0.25, 0.3) is 0 Å². The maximum Gasteiger partial charge on any atom is 0.225 e. The number of aromatic nitrogens is 2. The Morgan fingerprint density at radius 2 is 1.96 bits per heavy atom. The summed E-state index contributed by atoms with van der Waals surface area (Å²) in [6, 6.07) is 13.2. The standard InChI is InChI=1S/C19H24N4/c1-14-12-17(15-8-5-9-15)22-19(21-14)23-11-10-20-18(13-23)16-6-3-2-4-7-16/h2-4,6-7,12,15,18,20H,5,8-11,13H2,1H3/t18-/m1/s1. The lowest BCUT2D eigenvalue weighted by Crippen LogP contribution is -2.46. The van der Waals surface area contributed by atoms with Crippen LogP contribution >= 0.6 is 0 Å². The molecular formula is C19H24N4. The van der Waals surface area contributed by atoms with Crippen molar-refractivity contribution in [2.24, 2.45) is 0 Å². The van der Waals surface area contributed by atoms with Crippen molar-refractivity contribution in [1.29, 1.82) is 0 Å². The lowest BCUT2D eigenvalue weighted by atomic mass is 9.82. The van der Waals surface area contributed by atoms with Gasteiger partial charge in [-0.05, 0) is 31.4 Å². The van der Waals surface area contributed by atoms with Crippen molar-refractivity contribution in [2.45, 2.75) is 38.1 Å². The fraction of sp³-hybridized carbons (Fsp3) is 0.474. The van der Waals surface area contributed by atoms with E-state index in [1.807, 2.05) is 0 Å². The minimum Gasteiger partial charge on any atom is -0.338 e. The van der Waals surface area contributed by atoms with E-state index in [0.29, 0.717) is 12.0 Å². The van der Waals surface area contributed by atoms with Crippen LogP contribution in [-0.4, -0.2) is 29.6 Å². The van der Waals surface area contributed by atoms with Gasteiger partial charge in [-0.2, -0.15) is 0 Å². The smallest absolute Gasteiger partial charge is 0.225 e. The molecule has 1 saturated carbocycles. The first-order chi connectivity index (χ1) is 11.3. The van der Waals surface area contributed by atoms with Gasteiger partial charge in [0.1, 0.15) is 0 Å². The van der Waals surface area contributed by atoms with Crippen molar-refractivity contribution in [3.63, 3.8) is 0 Å². The van der Waals surface area contributed by atoms with Gasteiger partial charge in [0.2, 0.25) is 5.95 Å². The molecule has 1 aromatic heterocycles. The molecule has 2 aromatic rings. The average molecular weight is 308 g/mol. The minimum atomic E-state index is 0.348. The Balaban J connectivity index is 1.56. The number of rotatable bonds is 3. The third-order valence-corrected chi connectivity index (χ3v) is 5.05. The number of nitrogens with zero attached hydrogens (tertiary/aromatic N) is 3. The van der Waals surface area contributed by atoms with E-state index >= 15 is 0 Å². The van der Waals surface area contributed by atoms with Gasteiger partial charge in [-0.15, -0.1) is 0 Å². The Hall–Kier alpha value is -1.94. The van der Waals surface area contributed by atoms with Crippen molar-refractivity contribution in [2.75, 3.05) is 24.5 Å². The van der Waals surface area contributed by atoms with Crippen LogP contribution in [0.25, 0.3) is 0 Å². The molecule has 1 atom stereocenters. The second-order valence-corrected chi connectivity index (χ2v) is 6.73. The first kappa shape index (κ1) is 14.6. The van der Waals surface area contributed by atoms with Gasteiger partial charge in [0.05, 0.1) is 0 Å². The van der Waals surface area contributed by atoms with Crippen molar-refractivity contribution < 1.29 is 0 Å². The Kier molecular flexibility index (Phi) is 4.00. The zero-order valence-corrected chi connectivity index (χ0v) is 13.7.